The maximum atomic E-state index is 13.2. The van der Waals surface area contributed by atoms with Crippen LogP contribution in [-0.2, 0) is 6.54 Å². The van der Waals surface area contributed by atoms with Gasteiger partial charge in [0.05, 0.1) is 0 Å². The minimum Gasteiger partial charge on any atom is -0.339 e. The van der Waals surface area contributed by atoms with Crippen molar-refractivity contribution in [1.82, 2.24) is 9.55 Å². The molecule has 26 heavy (non-hydrogen) atoms. The molecule has 0 spiro atoms. The Balaban J connectivity index is 0.000000948. The van der Waals surface area contributed by atoms with Crippen LogP contribution in [0.3, 0.4) is 0 Å². The minimum absolute atomic E-state index is 0.128. The number of nitrogens with one attached hydrogen (secondary N) is 1. The molecule has 2 aromatic carbocycles. The predicted octanol–water partition coefficient (Wildman–Crippen LogP) is 5.21. The van der Waals surface area contributed by atoms with Gasteiger partial charge in [0.2, 0.25) is 0 Å². The fraction of sp³-hybridized carbons (Fsp3) is 0.136. The largest absolute Gasteiger partial charge is 0.339 e. The zero-order chi connectivity index (χ0) is 18.5. The van der Waals surface area contributed by atoms with E-state index in [0.717, 1.165) is 22.1 Å². The van der Waals surface area contributed by atoms with Gasteiger partial charge in [0, 0.05) is 29.9 Å². The first kappa shape index (κ1) is 17.7. The van der Waals surface area contributed by atoms with Gasteiger partial charge in [-0.05, 0) is 29.3 Å². The van der Waals surface area contributed by atoms with Crippen molar-refractivity contribution < 1.29 is 4.39 Å². The van der Waals surface area contributed by atoms with Crippen LogP contribution in [0.5, 0.6) is 0 Å². The third-order valence-corrected chi connectivity index (χ3v) is 4.17. The Morgan fingerprint density at radius 1 is 0.962 bits per heavy atom. The molecule has 0 saturated heterocycles. The summed E-state index contributed by atoms with van der Waals surface area (Å²) in [6, 6.07) is 18.2. The molecule has 132 valence electrons. The van der Waals surface area contributed by atoms with Gasteiger partial charge >= 0.3 is 0 Å². The van der Waals surface area contributed by atoms with Crippen molar-refractivity contribution in [3.05, 3.63) is 94.8 Å². The lowest BCUT2D eigenvalue weighted by Crippen LogP contribution is -2.11. The summed E-state index contributed by atoms with van der Waals surface area (Å²) < 4.78 is 15.1. The van der Waals surface area contributed by atoms with Crippen molar-refractivity contribution in [3.8, 4) is 11.1 Å². The van der Waals surface area contributed by atoms with E-state index in [1.54, 1.807) is 18.3 Å². The van der Waals surface area contributed by atoms with Crippen LogP contribution in [0.1, 0.15) is 19.4 Å². The third kappa shape index (κ3) is 3.45. The summed E-state index contributed by atoms with van der Waals surface area (Å²) in [5, 5.41) is 0.862. The SMILES string of the molecule is CC.O=c1[nH]cc(-c2ccc(F)cc2)c2ccn(Cc3ccccc3)c12. The van der Waals surface area contributed by atoms with Gasteiger partial charge in [0.25, 0.3) is 5.56 Å². The van der Waals surface area contributed by atoms with Crippen molar-refractivity contribution >= 4 is 10.9 Å². The fourth-order valence-corrected chi connectivity index (χ4v) is 3.01. The zero-order valence-corrected chi connectivity index (χ0v) is 14.9. The van der Waals surface area contributed by atoms with E-state index in [4.69, 9.17) is 0 Å². The number of H-pyrrole nitrogens is 1. The fourth-order valence-electron chi connectivity index (χ4n) is 3.01. The Bertz CT molecular complexity index is 1050. The van der Waals surface area contributed by atoms with Crippen LogP contribution in [0.4, 0.5) is 4.39 Å². The van der Waals surface area contributed by atoms with Crippen molar-refractivity contribution in [2.24, 2.45) is 0 Å². The second-order valence-electron chi connectivity index (χ2n) is 5.73. The Morgan fingerprint density at radius 2 is 1.65 bits per heavy atom. The number of hydrogen-bond acceptors (Lipinski definition) is 1. The summed E-state index contributed by atoms with van der Waals surface area (Å²) in [4.78, 5) is 15.2. The summed E-state index contributed by atoms with van der Waals surface area (Å²) in [7, 11) is 0. The average Bonchev–Trinajstić information content (AvgIpc) is 3.10. The van der Waals surface area contributed by atoms with Crippen molar-refractivity contribution in [3.63, 3.8) is 0 Å². The van der Waals surface area contributed by atoms with Crippen LogP contribution < -0.4 is 5.56 Å². The summed E-state index contributed by atoms with van der Waals surface area (Å²) in [5.74, 6) is -0.277. The molecule has 2 aromatic heterocycles. The van der Waals surface area contributed by atoms with Gasteiger partial charge in [0.1, 0.15) is 11.3 Å². The molecule has 4 rings (SSSR count). The number of rotatable bonds is 3. The number of aromatic amines is 1. The van der Waals surface area contributed by atoms with Gasteiger partial charge in [-0.15, -0.1) is 0 Å². The van der Waals surface area contributed by atoms with Crippen LogP contribution in [0, 0.1) is 5.82 Å². The molecule has 3 nitrogen and oxygen atoms in total. The standard InChI is InChI=1S/C20H15FN2O.C2H6/c21-16-8-6-15(7-9-16)18-12-22-20(24)19-17(18)10-11-23(19)13-14-4-2-1-3-5-14;1-2/h1-12H,13H2,(H,22,24);1-2H3. The summed E-state index contributed by atoms with van der Waals surface area (Å²) in [6.07, 6.45) is 3.60. The smallest absolute Gasteiger partial charge is 0.272 e. The zero-order valence-electron chi connectivity index (χ0n) is 14.9. The van der Waals surface area contributed by atoms with E-state index in [2.05, 4.69) is 4.98 Å². The molecule has 0 radical (unpaired) electrons. The topological polar surface area (TPSA) is 37.8 Å². The second kappa shape index (κ2) is 7.83. The normalized spacial score (nSPS) is 10.4. The van der Waals surface area contributed by atoms with E-state index >= 15 is 0 Å². The number of fused-ring (bicyclic) bond motifs is 1. The molecule has 0 aliphatic rings. The molecule has 4 aromatic rings. The first-order chi connectivity index (χ1) is 12.7. The number of halogens is 1. The summed E-state index contributed by atoms with van der Waals surface area (Å²) >= 11 is 0. The molecular weight excluding hydrogens is 327 g/mol. The highest BCUT2D eigenvalue weighted by molar-refractivity contribution is 5.94. The quantitative estimate of drug-likeness (QED) is 0.542. The molecule has 0 fully saturated rings. The Hall–Kier alpha value is -3.14. The van der Waals surface area contributed by atoms with E-state index in [1.807, 2.05) is 61.0 Å². The molecule has 0 amide bonds. The average molecular weight is 348 g/mol. The van der Waals surface area contributed by atoms with Crippen LogP contribution >= 0.6 is 0 Å². The van der Waals surface area contributed by atoms with Crippen molar-refractivity contribution in [2.45, 2.75) is 20.4 Å². The monoisotopic (exact) mass is 348 g/mol. The maximum Gasteiger partial charge on any atom is 0.272 e. The first-order valence-corrected chi connectivity index (χ1v) is 8.73. The molecule has 4 heteroatoms. The van der Waals surface area contributed by atoms with Gasteiger partial charge in [-0.1, -0.05) is 56.3 Å². The highest BCUT2D eigenvalue weighted by atomic mass is 19.1. The molecule has 1 N–H and O–H groups in total. The van der Waals surface area contributed by atoms with Crippen LogP contribution in [0.2, 0.25) is 0 Å². The number of aromatic nitrogens is 2. The number of benzene rings is 2. The minimum atomic E-state index is -0.277. The lowest BCUT2D eigenvalue weighted by Gasteiger charge is -2.07. The molecule has 0 saturated carbocycles. The molecule has 0 aliphatic heterocycles. The number of nitrogens with zero attached hydrogens (tertiary/aromatic N) is 1. The summed E-state index contributed by atoms with van der Waals surface area (Å²) in [5.41, 5.74) is 3.38. The lowest BCUT2D eigenvalue weighted by atomic mass is 10.0. The van der Waals surface area contributed by atoms with Gasteiger partial charge in [-0.3, -0.25) is 4.79 Å². The molecule has 0 bridgehead atoms. The number of pyridine rings is 1. The van der Waals surface area contributed by atoms with Gasteiger partial charge < -0.3 is 9.55 Å². The van der Waals surface area contributed by atoms with E-state index in [0.29, 0.717) is 12.1 Å². The number of hydrogen-bond donors (Lipinski definition) is 1. The third-order valence-electron chi connectivity index (χ3n) is 4.17. The van der Waals surface area contributed by atoms with Gasteiger partial charge in [-0.25, -0.2) is 4.39 Å². The van der Waals surface area contributed by atoms with E-state index in [1.165, 1.54) is 12.1 Å². The Labute approximate surface area is 151 Å². The first-order valence-electron chi connectivity index (χ1n) is 8.73. The highest BCUT2D eigenvalue weighted by Gasteiger charge is 2.11. The summed E-state index contributed by atoms with van der Waals surface area (Å²) in [6.45, 7) is 4.63. The molecule has 2 heterocycles. The highest BCUT2D eigenvalue weighted by Crippen LogP contribution is 2.27. The lowest BCUT2D eigenvalue weighted by molar-refractivity contribution is 0.628. The van der Waals surface area contributed by atoms with Crippen molar-refractivity contribution in [2.75, 3.05) is 0 Å². The van der Waals surface area contributed by atoms with Crippen LogP contribution in [0.25, 0.3) is 22.0 Å². The molecule has 0 unspecified atom stereocenters. The predicted molar refractivity (Wildman–Crippen MR) is 105 cm³/mol. The van der Waals surface area contributed by atoms with Crippen LogP contribution in [0.15, 0.2) is 77.9 Å². The van der Waals surface area contributed by atoms with Crippen molar-refractivity contribution in [1.29, 1.82) is 0 Å². The van der Waals surface area contributed by atoms with Crippen LogP contribution in [-0.4, -0.2) is 9.55 Å². The van der Waals surface area contributed by atoms with Gasteiger partial charge in [-0.2, -0.15) is 0 Å². The molecular formula is C22H21FN2O. The van der Waals surface area contributed by atoms with E-state index in [-0.39, 0.29) is 11.4 Å². The molecule has 0 atom stereocenters. The molecule has 0 aliphatic carbocycles. The maximum absolute atomic E-state index is 13.2. The van der Waals surface area contributed by atoms with Gasteiger partial charge in [0.15, 0.2) is 0 Å². The Kier molecular flexibility index (Phi) is 5.32. The van der Waals surface area contributed by atoms with E-state index in [9.17, 15) is 9.18 Å². The Morgan fingerprint density at radius 3 is 2.35 bits per heavy atom. The van der Waals surface area contributed by atoms with E-state index < -0.39 is 0 Å². The second-order valence-corrected chi connectivity index (χ2v) is 5.73.